The standard InChI is InChI=1S/C38H41N9O2S/c1-46(2)29-11-5-23(6-12-29)33-17-27(42-44-33)21-37(48)39-25-9-15-31-35(19-25)50-36-20-26(10-16-32(36)41-31)40-38(49)22-28-18-34(45-43-28)24-7-13-30(14-8-24)47(3)4/h5-16,19-20,33-34,41,44-45H,17-18,21-22H2,1-4H3,(H,39,48)(H,40,49). The van der Waals surface area contributed by atoms with Crippen LogP contribution in [0.2, 0.25) is 0 Å². The van der Waals surface area contributed by atoms with Gasteiger partial charge in [0, 0.05) is 85.0 Å². The second-order valence-corrected chi connectivity index (χ2v) is 14.3. The minimum Gasteiger partial charge on any atom is -0.378 e. The van der Waals surface area contributed by atoms with E-state index in [0.717, 1.165) is 66.5 Å². The molecule has 0 saturated carbocycles. The van der Waals surface area contributed by atoms with Gasteiger partial charge in [0.1, 0.15) is 0 Å². The molecule has 4 aromatic rings. The third-order valence-electron chi connectivity index (χ3n) is 9.01. The number of hydrogen-bond donors (Lipinski definition) is 5. The Labute approximate surface area is 296 Å². The van der Waals surface area contributed by atoms with E-state index >= 15 is 0 Å². The summed E-state index contributed by atoms with van der Waals surface area (Å²) in [5, 5.41) is 18.5. The Kier molecular flexibility index (Phi) is 9.36. The van der Waals surface area contributed by atoms with Crippen LogP contribution in [0.25, 0.3) is 0 Å². The minimum absolute atomic E-state index is 0.0626. The van der Waals surface area contributed by atoms with Crippen LogP contribution in [-0.2, 0) is 9.59 Å². The summed E-state index contributed by atoms with van der Waals surface area (Å²) in [6.45, 7) is 0. The first kappa shape index (κ1) is 33.0. The molecule has 0 aliphatic carbocycles. The van der Waals surface area contributed by atoms with Crippen molar-refractivity contribution in [2.75, 3.05) is 53.9 Å². The van der Waals surface area contributed by atoms with Gasteiger partial charge in [-0.1, -0.05) is 36.0 Å². The number of nitrogens with zero attached hydrogens (tertiary/aromatic N) is 4. The topological polar surface area (TPSA) is 125 Å². The van der Waals surface area contributed by atoms with Crippen LogP contribution in [0.15, 0.2) is 105 Å². The normalized spacial score (nSPS) is 17.2. The van der Waals surface area contributed by atoms with Gasteiger partial charge in [-0.05, 0) is 71.8 Å². The summed E-state index contributed by atoms with van der Waals surface area (Å²) in [5.74, 6) is -0.215. The van der Waals surface area contributed by atoms with E-state index in [1.807, 2.05) is 64.6 Å². The quantitative estimate of drug-likeness (QED) is 0.108. The predicted molar refractivity (Wildman–Crippen MR) is 204 cm³/mol. The van der Waals surface area contributed by atoms with E-state index in [-0.39, 0.29) is 36.7 Å². The van der Waals surface area contributed by atoms with Gasteiger partial charge in [-0.3, -0.25) is 9.59 Å². The van der Waals surface area contributed by atoms with Crippen LogP contribution >= 0.6 is 11.8 Å². The lowest BCUT2D eigenvalue weighted by atomic mass is 10.0. The van der Waals surface area contributed by atoms with E-state index in [4.69, 9.17) is 0 Å². The number of hydrazone groups is 2. The van der Waals surface area contributed by atoms with E-state index in [0.29, 0.717) is 12.8 Å². The summed E-state index contributed by atoms with van der Waals surface area (Å²) in [7, 11) is 8.08. The van der Waals surface area contributed by atoms with E-state index in [2.05, 4.69) is 95.3 Å². The zero-order valence-corrected chi connectivity index (χ0v) is 29.4. The first-order valence-electron chi connectivity index (χ1n) is 16.7. The molecule has 256 valence electrons. The van der Waals surface area contributed by atoms with Crippen LogP contribution in [0.5, 0.6) is 0 Å². The molecule has 0 radical (unpaired) electrons. The molecule has 2 unspecified atom stereocenters. The molecule has 2 atom stereocenters. The molecule has 3 heterocycles. The molecular formula is C38H41N9O2S. The Balaban J connectivity index is 0.905. The van der Waals surface area contributed by atoms with Crippen molar-refractivity contribution >= 4 is 69.1 Å². The highest BCUT2D eigenvalue weighted by atomic mass is 32.2. The molecule has 0 saturated heterocycles. The Morgan fingerprint density at radius 1 is 0.660 bits per heavy atom. The number of rotatable bonds is 10. The second-order valence-electron chi connectivity index (χ2n) is 13.2. The number of carbonyl (C=O) groups is 2. The van der Waals surface area contributed by atoms with Gasteiger partial charge in [-0.2, -0.15) is 10.2 Å². The first-order chi connectivity index (χ1) is 24.2. The third kappa shape index (κ3) is 7.55. The molecule has 3 aliphatic heterocycles. The number of fused-ring (bicyclic) bond motifs is 2. The fraction of sp³-hybridized carbons (Fsp3) is 0.263. The molecule has 0 bridgehead atoms. The van der Waals surface area contributed by atoms with E-state index < -0.39 is 0 Å². The van der Waals surface area contributed by atoms with Crippen LogP contribution < -0.4 is 36.6 Å². The number of anilines is 6. The van der Waals surface area contributed by atoms with Crippen LogP contribution in [-0.4, -0.2) is 51.4 Å². The highest BCUT2D eigenvalue weighted by molar-refractivity contribution is 7.99. The number of carbonyl (C=O) groups excluding carboxylic acids is 2. The van der Waals surface area contributed by atoms with Crippen molar-refractivity contribution < 1.29 is 9.59 Å². The molecule has 2 amide bonds. The highest BCUT2D eigenvalue weighted by Gasteiger charge is 2.24. The summed E-state index contributed by atoms with van der Waals surface area (Å²) in [6, 6.07) is 28.6. The Morgan fingerprint density at radius 2 is 1.08 bits per heavy atom. The maximum atomic E-state index is 13.0. The summed E-state index contributed by atoms with van der Waals surface area (Å²) in [4.78, 5) is 32.1. The SMILES string of the molecule is CN(C)c1ccc(C2CC(CC(=O)Nc3ccc4c(c3)Sc3cc(NC(=O)CC5=NNC(c6ccc(N(C)C)cc6)C5)ccc3N4)=NN2)cc1. The fourth-order valence-corrected chi connectivity index (χ4v) is 7.30. The zero-order valence-electron chi connectivity index (χ0n) is 28.6. The lowest BCUT2D eigenvalue weighted by Crippen LogP contribution is -2.16. The largest absolute Gasteiger partial charge is 0.378 e. The molecule has 0 aromatic heterocycles. The zero-order chi connectivity index (χ0) is 34.8. The average Bonchev–Trinajstić information content (AvgIpc) is 3.77. The first-order valence-corrected chi connectivity index (χ1v) is 17.5. The van der Waals surface area contributed by atoms with Crippen LogP contribution in [0.1, 0.15) is 48.9 Å². The predicted octanol–water partition coefficient (Wildman–Crippen LogP) is 6.87. The molecule has 50 heavy (non-hydrogen) atoms. The summed E-state index contributed by atoms with van der Waals surface area (Å²) >= 11 is 1.59. The van der Waals surface area contributed by atoms with E-state index in [1.165, 1.54) is 0 Å². The van der Waals surface area contributed by atoms with Crippen LogP contribution in [0.3, 0.4) is 0 Å². The average molecular weight is 688 g/mol. The molecule has 11 nitrogen and oxygen atoms in total. The summed E-state index contributed by atoms with van der Waals surface area (Å²) in [6.07, 6.45) is 1.82. The third-order valence-corrected chi connectivity index (χ3v) is 10.1. The van der Waals surface area contributed by atoms with E-state index in [9.17, 15) is 9.59 Å². The number of hydrogen-bond acceptors (Lipinski definition) is 10. The molecule has 0 spiro atoms. The molecule has 4 aromatic carbocycles. The maximum Gasteiger partial charge on any atom is 0.230 e. The van der Waals surface area contributed by atoms with Gasteiger partial charge in [0.05, 0.1) is 36.3 Å². The van der Waals surface area contributed by atoms with E-state index in [1.54, 1.807) is 11.8 Å². The Hall–Kier alpha value is -5.49. The van der Waals surface area contributed by atoms with Crippen molar-refractivity contribution in [1.82, 2.24) is 10.9 Å². The highest BCUT2D eigenvalue weighted by Crippen LogP contribution is 2.46. The van der Waals surface area contributed by atoms with Gasteiger partial charge in [0.2, 0.25) is 11.8 Å². The molecule has 3 aliphatic rings. The smallest absolute Gasteiger partial charge is 0.230 e. The van der Waals surface area contributed by atoms with Gasteiger partial charge < -0.3 is 36.6 Å². The van der Waals surface area contributed by atoms with Crippen molar-refractivity contribution in [2.24, 2.45) is 10.2 Å². The van der Waals surface area contributed by atoms with Crippen LogP contribution in [0.4, 0.5) is 34.1 Å². The molecule has 5 N–H and O–H groups in total. The minimum atomic E-state index is -0.108. The van der Waals surface area contributed by atoms with Gasteiger partial charge in [-0.15, -0.1) is 0 Å². The van der Waals surface area contributed by atoms with Crippen molar-refractivity contribution in [3.63, 3.8) is 0 Å². The van der Waals surface area contributed by atoms with Crippen molar-refractivity contribution in [3.05, 3.63) is 96.1 Å². The van der Waals surface area contributed by atoms with Crippen molar-refractivity contribution in [2.45, 2.75) is 47.6 Å². The van der Waals surface area contributed by atoms with Gasteiger partial charge >= 0.3 is 0 Å². The molecule has 0 fully saturated rings. The fourth-order valence-electron chi connectivity index (χ4n) is 6.23. The number of nitrogens with one attached hydrogen (secondary N) is 5. The summed E-state index contributed by atoms with van der Waals surface area (Å²) in [5.41, 5.74) is 16.0. The lowest BCUT2D eigenvalue weighted by Gasteiger charge is -2.22. The summed E-state index contributed by atoms with van der Waals surface area (Å²) < 4.78 is 0. The molecular weight excluding hydrogens is 647 g/mol. The maximum absolute atomic E-state index is 13.0. The number of benzene rings is 4. The Bertz CT molecular complexity index is 1830. The Morgan fingerprint density at radius 3 is 1.48 bits per heavy atom. The van der Waals surface area contributed by atoms with Gasteiger partial charge in [0.15, 0.2) is 0 Å². The van der Waals surface area contributed by atoms with Crippen LogP contribution in [0, 0.1) is 0 Å². The number of amides is 2. The van der Waals surface area contributed by atoms with Crippen molar-refractivity contribution in [3.8, 4) is 0 Å². The molecule has 12 heteroatoms. The molecule has 7 rings (SSSR count). The van der Waals surface area contributed by atoms with Crippen molar-refractivity contribution in [1.29, 1.82) is 0 Å². The monoisotopic (exact) mass is 687 g/mol. The van der Waals surface area contributed by atoms with Gasteiger partial charge in [0.25, 0.3) is 0 Å². The second kappa shape index (κ2) is 14.2. The van der Waals surface area contributed by atoms with Gasteiger partial charge in [-0.25, -0.2) is 0 Å². The lowest BCUT2D eigenvalue weighted by molar-refractivity contribution is -0.116.